The van der Waals surface area contributed by atoms with Crippen LogP contribution >= 0.6 is 0 Å². The Hall–Kier alpha value is -3.55. The van der Waals surface area contributed by atoms with E-state index in [0.717, 1.165) is 47.3 Å². The van der Waals surface area contributed by atoms with E-state index in [0.29, 0.717) is 18.9 Å². The van der Waals surface area contributed by atoms with Crippen LogP contribution < -0.4 is 5.69 Å². The molecule has 8 nitrogen and oxygen atoms in total. The standard InChI is InChI=1S/C25H31N7O/c1-5-6-7-15-32-24(33)31(23(28-32)25(2,3)4)17-18-11-13-19(14-12-18)20-9-8-10-21(16-20)22-26-29-30-27-22/h8-14,16H,5-7,15,17H2,1-4H3,(H,26,27,29,30). The normalized spacial score (nSPS) is 11.8. The van der Waals surface area contributed by atoms with Crippen molar-refractivity contribution in [1.29, 1.82) is 0 Å². The molecule has 2 aromatic carbocycles. The molecule has 0 aliphatic heterocycles. The van der Waals surface area contributed by atoms with Crippen molar-refractivity contribution in [3.05, 3.63) is 70.4 Å². The van der Waals surface area contributed by atoms with Gasteiger partial charge in [-0.2, -0.15) is 5.10 Å². The molecule has 0 aliphatic carbocycles. The molecule has 4 rings (SSSR count). The number of H-pyrrole nitrogens is 1. The van der Waals surface area contributed by atoms with Crippen LogP contribution in [-0.2, 0) is 18.5 Å². The van der Waals surface area contributed by atoms with Gasteiger partial charge in [0.15, 0.2) is 5.82 Å². The number of aryl methyl sites for hydroxylation is 1. The minimum absolute atomic E-state index is 0.0338. The zero-order valence-corrected chi connectivity index (χ0v) is 19.7. The summed E-state index contributed by atoms with van der Waals surface area (Å²) in [4.78, 5) is 13.1. The number of hydrogen-bond acceptors (Lipinski definition) is 5. The Bertz CT molecular complexity index is 1250. The van der Waals surface area contributed by atoms with Crippen LogP contribution in [0.1, 0.15) is 58.3 Å². The number of nitrogens with zero attached hydrogens (tertiary/aromatic N) is 6. The fraction of sp³-hybridized carbons (Fsp3) is 0.400. The highest BCUT2D eigenvalue weighted by atomic mass is 16.2. The summed E-state index contributed by atoms with van der Waals surface area (Å²) in [5, 5.41) is 18.8. The van der Waals surface area contributed by atoms with Gasteiger partial charge in [0, 0.05) is 17.5 Å². The van der Waals surface area contributed by atoms with Crippen molar-refractivity contribution in [3.8, 4) is 22.5 Å². The van der Waals surface area contributed by atoms with E-state index < -0.39 is 0 Å². The van der Waals surface area contributed by atoms with Crippen molar-refractivity contribution in [1.82, 2.24) is 35.0 Å². The van der Waals surface area contributed by atoms with Crippen molar-refractivity contribution >= 4 is 0 Å². The number of hydrogen-bond donors (Lipinski definition) is 1. The predicted octanol–water partition coefficient (Wildman–Crippen LogP) is 4.43. The van der Waals surface area contributed by atoms with Gasteiger partial charge in [-0.15, -0.1) is 5.10 Å². The van der Waals surface area contributed by atoms with Gasteiger partial charge in [-0.25, -0.2) is 14.6 Å². The van der Waals surface area contributed by atoms with E-state index in [1.165, 1.54) is 0 Å². The monoisotopic (exact) mass is 445 g/mol. The van der Waals surface area contributed by atoms with Gasteiger partial charge in [-0.3, -0.25) is 4.57 Å². The third-order valence-electron chi connectivity index (χ3n) is 5.68. The number of aromatic nitrogens is 7. The molecule has 0 radical (unpaired) electrons. The Labute approximate surface area is 193 Å². The van der Waals surface area contributed by atoms with Gasteiger partial charge in [0.2, 0.25) is 0 Å². The molecule has 0 bridgehead atoms. The quantitative estimate of drug-likeness (QED) is 0.405. The molecule has 0 fully saturated rings. The molecule has 8 heteroatoms. The SMILES string of the molecule is CCCCCn1nc(C(C)(C)C)n(Cc2ccc(-c3cccc(-c4nnn[nH]4)c3)cc2)c1=O. The fourth-order valence-corrected chi connectivity index (χ4v) is 3.91. The summed E-state index contributed by atoms with van der Waals surface area (Å²) in [6.07, 6.45) is 3.18. The fourth-order valence-electron chi connectivity index (χ4n) is 3.91. The number of rotatable bonds is 8. The lowest BCUT2D eigenvalue weighted by Crippen LogP contribution is -2.28. The van der Waals surface area contributed by atoms with E-state index in [2.05, 4.69) is 84.7 Å². The number of aromatic amines is 1. The van der Waals surface area contributed by atoms with Crippen LogP contribution in [0.3, 0.4) is 0 Å². The van der Waals surface area contributed by atoms with Gasteiger partial charge >= 0.3 is 5.69 Å². The summed E-state index contributed by atoms with van der Waals surface area (Å²) < 4.78 is 3.45. The van der Waals surface area contributed by atoms with Crippen molar-refractivity contribution < 1.29 is 0 Å². The van der Waals surface area contributed by atoms with Crippen LogP contribution in [0.15, 0.2) is 53.3 Å². The summed E-state index contributed by atoms with van der Waals surface area (Å²) in [5.41, 5.74) is 3.91. The molecule has 0 unspecified atom stereocenters. The van der Waals surface area contributed by atoms with Crippen molar-refractivity contribution in [2.45, 2.75) is 65.5 Å². The molecule has 0 aliphatic rings. The van der Waals surface area contributed by atoms with E-state index in [1.54, 1.807) is 4.68 Å². The highest BCUT2D eigenvalue weighted by Gasteiger charge is 2.24. The summed E-state index contributed by atoms with van der Waals surface area (Å²) in [6.45, 7) is 9.63. The maximum absolute atomic E-state index is 13.1. The van der Waals surface area contributed by atoms with E-state index in [9.17, 15) is 4.79 Å². The highest BCUT2D eigenvalue weighted by Crippen LogP contribution is 2.25. The molecule has 0 saturated heterocycles. The Morgan fingerprint density at radius 1 is 0.970 bits per heavy atom. The first-order chi connectivity index (χ1) is 15.9. The van der Waals surface area contributed by atoms with Crippen molar-refractivity contribution in [2.75, 3.05) is 0 Å². The second kappa shape index (κ2) is 9.52. The number of nitrogens with one attached hydrogen (secondary N) is 1. The first kappa shape index (κ1) is 22.6. The molecule has 172 valence electrons. The average molecular weight is 446 g/mol. The van der Waals surface area contributed by atoms with E-state index in [1.807, 2.05) is 16.7 Å². The second-order valence-corrected chi connectivity index (χ2v) is 9.40. The van der Waals surface area contributed by atoms with Gasteiger partial charge in [0.05, 0.1) is 6.54 Å². The molecule has 2 aromatic heterocycles. The first-order valence-electron chi connectivity index (χ1n) is 11.5. The lowest BCUT2D eigenvalue weighted by atomic mass is 9.95. The maximum Gasteiger partial charge on any atom is 0.346 e. The number of unbranched alkanes of at least 4 members (excludes halogenated alkanes) is 2. The Balaban J connectivity index is 1.58. The van der Waals surface area contributed by atoms with Crippen LogP contribution in [0.5, 0.6) is 0 Å². The smallest absolute Gasteiger partial charge is 0.274 e. The molecule has 1 N–H and O–H groups in total. The maximum atomic E-state index is 13.1. The number of benzene rings is 2. The molecule has 0 spiro atoms. The third kappa shape index (κ3) is 5.10. The first-order valence-corrected chi connectivity index (χ1v) is 11.5. The Kier molecular flexibility index (Phi) is 6.53. The van der Waals surface area contributed by atoms with E-state index >= 15 is 0 Å². The minimum atomic E-state index is -0.217. The summed E-state index contributed by atoms with van der Waals surface area (Å²) >= 11 is 0. The lowest BCUT2D eigenvalue weighted by Gasteiger charge is -2.18. The van der Waals surface area contributed by atoms with Gasteiger partial charge in [0.1, 0.15) is 5.82 Å². The third-order valence-corrected chi connectivity index (χ3v) is 5.68. The van der Waals surface area contributed by atoms with Crippen LogP contribution in [0.25, 0.3) is 22.5 Å². The molecular weight excluding hydrogens is 414 g/mol. The second-order valence-electron chi connectivity index (χ2n) is 9.40. The van der Waals surface area contributed by atoms with Gasteiger partial charge in [-0.1, -0.05) is 83.0 Å². The minimum Gasteiger partial charge on any atom is -0.274 e. The topological polar surface area (TPSA) is 94.3 Å². The van der Waals surface area contributed by atoms with Crippen LogP contribution in [0.2, 0.25) is 0 Å². The lowest BCUT2D eigenvalue weighted by molar-refractivity contribution is 0.495. The molecule has 4 aromatic rings. The van der Waals surface area contributed by atoms with Gasteiger partial charge in [-0.05, 0) is 39.6 Å². The molecule has 0 amide bonds. The van der Waals surface area contributed by atoms with Crippen molar-refractivity contribution in [2.24, 2.45) is 0 Å². The van der Waals surface area contributed by atoms with Crippen molar-refractivity contribution in [3.63, 3.8) is 0 Å². The molecule has 2 heterocycles. The molecular formula is C25H31N7O. The van der Waals surface area contributed by atoms with Gasteiger partial charge < -0.3 is 0 Å². The highest BCUT2D eigenvalue weighted by molar-refractivity contribution is 5.70. The largest absolute Gasteiger partial charge is 0.346 e. The van der Waals surface area contributed by atoms with E-state index in [4.69, 9.17) is 5.10 Å². The van der Waals surface area contributed by atoms with Gasteiger partial charge in [0.25, 0.3) is 0 Å². The van der Waals surface area contributed by atoms with Crippen LogP contribution in [0.4, 0.5) is 0 Å². The summed E-state index contributed by atoms with van der Waals surface area (Å²) in [5.74, 6) is 1.46. The average Bonchev–Trinajstić information content (AvgIpc) is 3.44. The van der Waals surface area contributed by atoms with E-state index in [-0.39, 0.29) is 11.1 Å². The van der Waals surface area contributed by atoms with Crippen LogP contribution in [0, 0.1) is 0 Å². The predicted molar refractivity (Wildman–Crippen MR) is 129 cm³/mol. The summed E-state index contributed by atoms with van der Waals surface area (Å²) in [6, 6.07) is 16.4. The van der Waals surface area contributed by atoms with Crippen LogP contribution in [-0.4, -0.2) is 35.0 Å². The zero-order chi connectivity index (χ0) is 23.4. The Morgan fingerprint density at radius 3 is 2.39 bits per heavy atom. The summed E-state index contributed by atoms with van der Waals surface area (Å²) in [7, 11) is 0. The molecule has 0 atom stereocenters. The zero-order valence-electron chi connectivity index (χ0n) is 19.7. The Morgan fingerprint density at radius 2 is 1.73 bits per heavy atom. The molecule has 33 heavy (non-hydrogen) atoms. The molecule has 0 saturated carbocycles. The number of tetrazole rings is 1.